The molecule has 0 saturated carbocycles. The Morgan fingerprint density at radius 2 is 1.88 bits per heavy atom. The highest BCUT2D eigenvalue weighted by Crippen LogP contribution is 2.22. The van der Waals surface area contributed by atoms with E-state index in [0.29, 0.717) is 10.8 Å². The number of carbonyl (C=O) groups is 2. The monoisotopic (exact) mass is 360 g/mol. The molecule has 1 unspecified atom stereocenters. The molecular weight excluding hydrogens is 340 g/mol. The molecule has 0 aliphatic carbocycles. The Morgan fingerprint density at radius 3 is 2.48 bits per heavy atom. The lowest BCUT2D eigenvalue weighted by Gasteiger charge is -2.25. The molecule has 2 N–H and O–H groups in total. The van der Waals surface area contributed by atoms with E-state index in [0.717, 1.165) is 11.1 Å². The molecule has 2 aromatic rings. The van der Waals surface area contributed by atoms with Gasteiger partial charge in [0, 0.05) is 12.1 Å². The number of primary amides is 1. The summed E-state index contributed by atoms with van der Waals surface area (Å²) in [5.74, 6) is 0.0274. The van der Waals surface area contributed by atoms with Crippen molar-refractivity contribution in [2.75, 3.05) is 13.7 Å². The van der Waals surface area contributed by atoms with E-state index in [1.54, 1.807) is 42.3 Å². The van der Waals surface area contributed by atoms with Crippen molar-refractivity contribution < 1.29 is 14.3 Å². The largest absolute Gasteiger partial charge is 0.484 e. The topological polar surface area (TPSA) is 72.6 Å². The van der Waals surface area contributed by atoms with E-state index in [9.17, 15) is 9.59 Å². The Bertz CT molecular complexity index is 747. The van der Waals surface area contributed by atoms with Crippen LogP contribution >= 0.6 is 11.6 Å². The predicted octanol–water partition coefficient (Wildman–Crippen LogP) is 2.97. The molecule has 2 aromatic carbocycles. The van der Waals surface area contributed by atoms with Crippen LogP contribution in [-0.4, -0.2) is 30.4 Å². The van der Waals surface area contributed by atoms with E-state index in [-0.39, 0.29) is 30.9 Å². The summed E-state index contributed by atoms with van der Waals surface area (Å²) in [5, 5.41) is 0.637. The summed E-state index contributed by atoms with van der Waals surface area (Å²) in [6.07, 6.45) is 0.180. The molecule has 0 saturated heterocycles. The average molecular weight is 361 g/mol. The molecule has 5 nitrogen and oxygen atoms in total. The van der Waals surface area contributed by atoms with Crippen LogP contribution in [0.2, 0.25) is 5.02 Å². The molecule has 2 amide bonds. The van der Waals surface area contributed by atoms with Gasteiger partial charge in [0.25, 0.3) is 5.91 Å². The molecule has 0 fully saturated rings. The van der Waals surface area contributed by atoms with Gasteiger partial charge >= 0.3 is 0 Å². The smallest absolute Gasteiger partial charge is 0.260 e. The first-order valence-corrected chi connectivity index (χ1v) is 8.26. The van der Waals surface area contributed by atoms with Crippen molar-refractivity contribution in [2.45, 2.75) is 19.4 Å². The molecule has 1 atom stereocenters. The Labute approximate surface area is 152 Å². The van der Waals surface area contributed by atoms with Crippen molar-refractivity contribution >= 4 is 23.4 Å². The van der Waals surface area contributed by atoms with E-state index in [1.807, 2.05) is 25.1 Å². The molecule has 0 aliphatic heterocycles. The van der Waals surface area contributed by atoms with Crippen LogP contribution in [0.5, 0.6) is 5.75 Å². The van der Waals surface area contributed by atoms with Crippen molar-refractivity contribution in [3.63, 3.8) is 0 Å². The van der Waals surface area contributed by atoms with Crippen LogP contribution in [0.25, 0.3) is 0 Å². The fourth-order valence-corrected chi connectivity index (χ4v) is 2.56. The lowest BCUT2D eigenvalue weighted by atomic mass is 10.1. The number of carbonyl (C=O) groups excluding carboxylic acids is 2. The highest BCUT2D eigenvalue weighted by atomic mass is 35.5. The summed E-state index contributed by atoms with van der Waals surface area (Å²) >= 11 is 6.00. The predicted molar refractivity (Wildman–Crippen MR) is 97.5 cm³/mol. The fraction of sp³-hybridized carbons (Fsp3) is 0.263. The molecule has 132 valence electrons. The lowest BCUT2D eigenvalue weighted by molar-refractivity contribution is -0.134. The molecule has 0 aromatic heterocycles. The second-order valence-corrected chi connectivity index (χ2v) is 6.25. The number of likely N-dealkylation sites (N-methyl/N-ethyl adjacent to an activating group) is 1. The summed E-state index contributed by atoms with van der Waals surface area (Å²) in [6.45, 7) is 1.86. The van der Waals surface area contributed by atoms with Gasteiger partial charge in [-0.15, -0.1) is 0 Å². The van der Waals surface area contributed by atoms with Crippen LogP contribution in [0, 0.1) is 0 Å². The number of benzene rings is 2. The van der Waals surface area contributed by atoms with Gasteiger partial charge in [0.05, 0.1) is 12.5 Å². The van der Waals surface area contributed by atoms with E-state index >= 15 is 0 Å². The Kier molecular flexibility index (Phi) is 6.42. The molecule has 0 heterocycles. The quantitative estimate of drug-likeness (QED) is 0.825. The second-order valence-electron chi connectivity index (χ2n) is 5.81. The number of amides is 2. The van der Waals surface area contributed by atoms with Crippen LogP contribution in [-0.2, 0) is 16.0 Å². The minimum absolute atomic E-state index is 0.0728. The van der Waals surface area contributed by atoms with Gasteiger partial charge in [0.2, 0.25) is 5.91 Å². The first-order valence-electron chi connectivity index (χ1n) is 7.88. The van der Waals surface area contributed by atoms with Crippen molar-refractivity contribution in [3.8, 4) is 5.75 Å². The average Bonchev–Trinajstić information content (AvgIpc) is 2.59. The summed E-state index contributed by atoms with van der Waals surface area (Å²) < 4.78 is 5.53. The van der Waals surface area contributed by atoms with Crippen LogP contribution in [0.1, 0.15) is 24.1 Å². The summed E-state index contributed by atoms with van der Waals surface area (Å²) in [5.41, 5.74) is 6.91. The normalized spacial score (nSPS) is 11.6. The minimum atomic E-state index is -0.388. The number of ether oxygens (including phenoxy) is 1. The minimum Gasteiger partial charge on any atom is -0.484 e. The Hall–Kier alpha value is -2.53. The van der Waals surface area contributed by atoms with Gasteiger partial charge in [-0.25, -0.2) is 0 Å². The Balaban J connectivity index is 1.91. The molecule has 0 spiro atoms. The first kappa shape index (κ1) is 18.8. The number of hydrogen-bond acceptors (Lipinski definition) is 3. The lowest BCUT2D eigenvalue weighted by Crippen LogP contribution is -2.33. The number of nitrogens with zero attached hydrogens (tertiary/aromatic N) is 1. The molecule has 0 bridgehead atoms. The number of nitrogens with two attached hydrogens (primary N) is 1. The third-order valence-electron chi connectivity index (χ3n) is 3.97. The summed E-state index contributed by atoms with van der Waals surface area (Å²) in [7, 11) is 1.73. The fourth-order valence-electron chi connectivity index (χ4n) is 2.36. The van der Waals surface area contributed by atoms with Gasteiger partial charge in [-0.1, -0.05) is 35.9 Å². The second kappa shape index (κ2) is 8.53. The van der Waals surface area contributed by atoms with E-state index < -0.39 is 0 Å². The standard InChI is InChI=1S/C19H21ClN2O3/c1-13(15-4-3-5-16(20)11-15)22(2)19(24)12-25-17-8-6-14(7-9-17)10-18(21)23/h3-9,11,13H,10,12H2,1-2H3,(H2,21,23). The number of halogens is 1. The third kappa shape index (κ3) is 5.50. The molecular formula is C19H21ClN2O3. The van der Waals surface area contributed by atoms with E-state index in [4.69, 9.17) is 22.1 Å². The van der Waals surface area contributed by atoms with Crippen molar-refractivity contribution in [1.29, 1.82) is 0 Å². The zero-order valence-corrected chi connectivity index (χ0v) is 15.0. The molecule has 25 heavy (non-hydrogen) atoms. The van der Waals surface area contributed by atoms with Gasteiger partial charge in [-0.3, -0.25) is 9.59 Å². The highest BCUT2D eigenvalue weighted by molar-refractivity contribution is 6.30. The number of rotatable bonds is 7. The summed E-state index contributed by atoms with van der Waals surface area (Å²) in [6, 6.07) is 14.2. The maximum Gasteiger partial charge on any atom is 0.260 e. The Morgan fingerprint density at radius 1 is 1.20 bits per heavy atom. The first-order chi connectivity index (χ1) is 11.9. The summed E-state index contributed by atoms with van der Waals surface area (Å²) in [4.78, 5) is 24.8. The molecule has 0 radical (unpaired) electrons. The zero-order valence-electron chi connectivity index (χ0n) is 14.2. The third-order valence-corrected chi connectivity index (χ3v) is 4.20. The van der Waals surface area contributed by atoms with Crippen LogP contribution in [0.4, 0.5) is 0 Å². The van der Waals surface area contributed by atoms with E-state index in [1.165, 1.54) is 0 Å². The van der Waals surface area contributed by atoms with Crippen LogP contribution in [0.15, 0.2) is 48.5 Å². The maximum atomic E-state index is 12.3. The van der Waals surface area contributed by atoms with Gasteiger partial charge < -0.3 is 15.4 Å². The van der Waals surface area contributed by atoms with Crippen LogP contribution in [0.3, 0.4) is 0 Å². The van der Waals surface area contributed by atoms with Gasteiger partial charge in [0.1, 0.15) is 5.75 Å². The molecule has 0 aliphatic rings. The van der Waals surface area contributed by atoms with Crippen LogP contribution < -0.4 is 10.5 Å². The van der Waals surface area contributed by atoms with Gasteiger partial charge in [-0.2, -0.15) is 0 Å². The highest BCUT2D eigenvalue weighted by Gasteiger charge is 2.18. The van der Waals surface area contributed by atoms with E-state index in [2.05, 4.69) is 0 Å². The van der Waals surface area contributed by atoms with Crippen molar-refractivity contribution in [2.24, 2.45) is 5.73 Å². The molecule has 6 heteroatoms. The number of hydrogen-bond donors (Lipinski definition) is 1. The maximum absolute atomic E-state index is 12.3. The zero-order chi connectivity index (χ0) is 18.4. The van der Waals surface area contributed by atoms with Gasteiger partial charge in [0.15, 0.2) is 6.61 Å². The van der Waals surface area contributed by atoms with Crippen molar-refractivity contribution in [1.82, 2.24) is 4.90 Å². The molecule has 2 rings (SSSR count). The van der Waals surface area contributed by atoms with Crippen molar-refractivity contribution in [3.05, 3.63) is 64.7 Å². The SMILES string of the molecule is CC(c1cccc(Cl)c1)N(C)C(=O)COc1ccc(CC(N)=O)cc1. The van der Waals surface area contributed by atoms with Gasteiger partial charge in [-0.05, 0) is 42.3 Å².